The normalized spacial score (nSPS) is 15.0. The third-order valence-corrected chi connectivity index (χ3v) is 3.95. The Hall–Kier alpha value is -2.30. The quantitative estimate of drug-likeness (QED) is 0.860. The van der Waals surface area contributed by atoms with Gasteiger partial charge in [0.1, 0.15) is 0 Å². The molecule has 5 heteroatoms. The van der Waals surface area contributed by atoms with Crippen molar-refractivity contribution >= 4 is 17.3 Å². The largest absolute Gasteiger partial charge is 0.399 e. The van der Waals surface area contributed by atoms with Crippen molar-refractivity contribution in [2.45, 2.75) is 32.7 Å². The molecule has 21 heavy (non-hydrogen) atoms. The number of aromatic nitrogens is 2. The van der Waals surface area contributed by atoms with E-state index >= 15 is 0 Å². The molecule has 2 aromatic rings. The van der Waals surface area contributed by atoms with Crippen molar-refractivity contribution in [2.24, 2.45) is 7.05 Å². The van der Waals surface area contributed by atoms with E-state index in [0.717, 1.165) is 41.2 Å². The zero-order valence-corrected chi connectivity index (χ0v) is 12.5. The van der Waals surface area contributed by atoms with Crippen LogP contribution in [0.25, 0.3) is 0 Å². The number of rotatable bonds is 2. The Morgan fingerprint density at radius 2 is 2.10 bits per heavy atom. The first-order valence-corrected chi connectivity index (χ1v) is 7.23. The third kappa shape index (κ3) is 2.63. The summed E-state index contributed by atoms with van der Waals surface area (Å²) in [4.78, 5) is 14.3. The number of carbonyl (C=O) groups is 1. The van der Waals surface area contributed by atoms with Crippen molar-refractivity contribution < 1.29 is 4.79 Å². The van der Waals surface area contributed by atoms with Gasteiger partial charge in [0.05, 0.1) is 17.9 Å². The molecular formula is C16H20N4O. The number of hydrogen-bond acceptors (Lipinski definition) is 3. The molecule has 0 unspecified atom stereocenters. The molecule has 0 radical (unpaired) electrons. The topological polar surface area (TPSA) is 64.2 Å². The lowest BCUT2D eigenvalue weighted by molar-refractivity contribution is -0.118. The number of benzene rings is 1. The summed E-state index contributed by atoms with van der Waals surface area (Å²) in [6.07, 6.45) is 2.34. The summed E-state index contributed by atoms with van der Waals surface area (Å²) in [5.41, 5.74) is 10.8. The van der Waals surface area contributed by atoms with Gasteiger partial charge >= 0.3 is 0 Å². The minimum Gasteiger partial charge on any atom is -0.399 e. The number of carbonyl (C=O) groups excluding carboxylic acids is 1. The maximum absolute atomic E-state index is 12.4. The highest BCUT2D eigenvalue weighted by Crippen LogP contribution is 2.30. The molecule has 1 aromatic heterocycles. The van der Waals surface area contributed by atoms with Gasteiger partial charge in [-0.05, 0) is 49.6 Å². The van der Waals surface area contributed by atoms with Crippen LogP contribution in [-0.4, -0.2) is 15.7 Å². The summed E-state index contributed by atoms with van der Waals surface area (Å²) in [5.74, 6) is 0.164. The van der Waals surface area contributed by atoms with E-state index in [1.54, 1.807) is 0 Å². The molecule has 1 aliphatic heterocycles. The van der Waals surface area contributed by atoms with Gasteiger partial charge in [0.2, 0.25) is 5.91 Å². The molecule has 0 atom stereocenters. The zero-order valence-electron chi connectivity index (χ0n) is 12.5. The van der Waals surface area contributed by atoms with Crippen molar-refractivity contribution in [1.29, 1.82) is 0 Å². The molecule has 1 aromatic carbocycles. The monoisotopic (exact) mass is 284 g/mol. The number of nitrogen functional groups attached to an aromatic ring is 1. The second-order valence-electron chi connectivity index (χ2n) is 5.62. The molecule has 0 aliphatic carbocycles. The van der Waals surface area contributed by atoms with E-state index in [1.165, 1.54) is 0 Å². The number of aryl methyl sites for hydroxylation is 3. The number of hydrogen-bond donors (Lipinski definition) is 1. The van der Waals surface area contributed by atoms with Gasteiger partial charge in [0.25, 0.3) is 0 Å². The minimum atomic E-state index is 0.164. The average molecular weight is 284 g/mol. The number of fused-ring (bicyclic) bond motifs is 1. The first kappa shape index (κ1) is 13.7. The van der Waals surface area contributed by atoms with Crippen molar-refractivity contribution in [3.63, 3.8) is 0 Å². The molecular weight excluding hydrogens is 264 g/mol. The molecule has 0 saturated heterocycles. The number of nitrogens with two attached hydrogens (primary N) is 1. The van der Waals surface area contributed by atoms with Gasteiger partial charge in [-0.3, -0.25) is 9.48 Å². The lowest BCUT2D eigenvalue weighted by Crippen LogP contribution is -2.30. The first-order valence-electron chi connectivity index (χ1n) is 7.23. The lowest BCUT2D eigenvalue weighted by Gasteiger charge is -2.23. The van der Waals surface area contributed by atoms with Crippen LogP contribution in [0.4, 0.5) is 11.4 Å². The average Bonchev–Trinajstić information content (AvgIpc) is 2.66. The number of anilines is 2. The predicted octanol–water partition coefficient (Wildman–Crippen LogP) is 2.18. The summed E-state index contributed by atoms with van der Waals surface area (Å²) >= 11 is 0. The maximum atomic E-state index is 12.4. The predicted molar refractivity (Wildman–Crippen MR) is 82.9 cm³/mol. The Morgan fingerprint density at radius 1 is 1.29 bits per heavy atom. The van der Waals surface area contributed by atoms with Gasteiger partial charge in [0, 0.05) is 24.8 Å². The standard InChI is InChI=1S/C16H20N4O/c1-11-8-14(19(2)18-11)10-20-15-7-6-13(17)9-12(15)4-3-5-16(20)21/h6-9H,3-5,10,17H2,1-2H3. The van der Waals surface area contributed by atoms with Crippen LogP contribution in [0.15, 0.2) is 24.3 Å². The van der Waals surface area contributed by atoms with E-state index in [2.05, 4.69) is 5.10 Å². The molecule has 3 rings (SSSR count). The van der Waals surface area contributed by atoms with Gasteiger partial charge in [-0.25, -0.2) is 0 Å². The van der Waals surface area contributed by atoms with Crippen LogP contribution in [0.5, 0.6) is 0 Å². The molecule has 0 fully saturated rings. The number of nitrogens with zero attached hydrogens (tertiary/aromatic N) is 3. The second kappa shape index (κ2) is 5.24. The molecule has 110 valence electrons. The maximum Gasteiger partial charge on any atom is 0.227 e. The SMILES string of the molecule is Cc1cc(CN2C(=O)CCCc3cc(N)ccc32)n(C)n1. The minimum absolute atomic E-state index is 0.164. The Labute approximate surface area is 124 Å². The molecule has 1 amide bonds. The highest BCUT2D eigenvalue weighted by atomic mass is 16.2. The summed E-state index contributed by atoms with van der Waals surface area (Å²) < 4.78 is 1.84. The van der Waals surface area contributed by atoms with Gasteiger partial charge in [-0.1, -0.05) is 0 Å². The van der Waals surface area contributed by atoms with Crippen LogP contribution in [0, 0.1) is 6.92 Å². The second-order valence-corrected chi connectivity index (χ2v) is 5.62. The molecule has 1 aliphatic rings. The fraction of sp³-hybridized carbons (Fsp3) is 0.375. The molecule has 2 heterocycles. The number of amides is 1. The van der Waals surface area contributed by atoms with Crippen LogP contribution in [0.1, 0.15) is 29.8 Å². The first-order chi connectivity index (χ1) is 10.0. The van der Waals surface area contributed by atoms with E-state index in [0.29, 0.717) is 13.0 Å². The summed E-state index contributed by atoms with van der Waals surface area (Å²) in [5, 5.41) is 4.35. The van der Waals surface area contributed by atoms with Crippen LogP contribution in [0.3, 0.4) is 0 Å². The van der Waals surface area contributed by atoms with Crippen molar-refractivity contribution in [2.75, 3.05) is 10.6 Å². The van der Waals surface area contributed by atoms with Crippen LogP contribution in [0.2, 0.25) is 0 Å². The lowest BCUT2D eigenvalue weighted by atomic mass is 10.1. The van der Waals surface area contributed by atoms with E-state index in [4.69, 9.17) is 5.73 Å². The van der Waals surface area contributed by atoms with E-state index in [-0.39, 0.29) is 5.91 Å². The molecule has 0 saturated carbocycles. The van der Waals surface area contributed by atoms with Crippen LogP contribution in [-0.2, 0) is 24.8 Å². The van der Waals surface area contributed by atoms with Crippen molar-refractivity contribution in [3.8, 4) is 0 Å². The van der Waals surface area contributed by atoms with Gasteiger partial charge in [0.15, 0.2) is 0 Å². The van der Waals surface area contributed by atoms with Crippen LogP contribution >= 0.6 is 0 Å². The molecule has 0 bridgehead atoms. The zero-order chi connectivity index (χ0) is 15.0. The smallest absolute Gasteiger partial charge is 0.227 e. The Morgan fingerprint density at radius 3 is 2.81 bits per heavy atom. The van der Waals surface area contributed by atoms with Gasteiger partial charge < -0.3 is 10.6 Å². The van der Waals surface area contributed by atoms with E-state index < -0.39 is 0 Å². The van der Waals surface area contributed by atoms with Gasteiger partial charge in [-0.2, -0.15) is 5.10 Å². The molecule has 5 nitrogen and oxygen atoms in total. The Balaban J connectivity index is 1.99. The third-order valence-electron chi connectivity index (χ3n) is 3.95. The molecule has 2 N–H and O–H groups in total. The fourth-order valence-corrected chi connectivity index (χ4v) is 2.92. The van der Waals surface area contributed by atoms with E-state index in [9.17, 15) is 4.79 Å². The molecule has 0 spiro atoms. The fourth-order valence-electron chi connectivity index (χ4n) is 2.92. The Kier molecular flexibility index (Phi) is 3.41. The summed E-state index contributed by atoms with van der Waals surface area (Å²) in [6, 6.07) is 7.82. The van der Waals surface area contributed by atoms with Crippen molar-refractivity contribution in [1.82, 2.24) is 9.78 Å². The van der Waals surface area contributed by atoms with Crippen LogP contribution < -0.4 is 10.6 Å². The summed E-state index contributed by atoms with van der Waals surface area (Å²) in [7, 11) is 1.91. The van der Waals surface area contributed by atoms with E-state index in [1.807, 2.05) is 47.8 Å². The summed E-state index contributed by atoms with van der Waals surface area (Å²) in [6.45, 7) is 2.51. The highest BCUT2D eigenvalue weighted by Gasteiger charge is 2.23. The van der Waals surface area contributed by atoms with Gasteiger partial charge in [-0.15, -0.1) is 0 Å². The highest BCUT2D eigenvalue weighted by molar-refractivity contribution is 5.95. The Bertz CT molecular complexity index is 690. The van der Waals surface area contributed by atoms with Crippen molar-refractivity contribution in [3.05, 3.63) is 41.2 Å².